The van der Waals surface area contributed by atoms with Gasteiger partial charge in [-0.25, -0.2) is 9.67 Å². The Morgan fingerprint density at radius 1 is 1.21 bits per heavy atom. The molecule has 7 nitrogen and oxygen atoms in total. The molecule has 1 aromatic heterocycles. The molecule has 2 aliphatic rings. The Bertz CT molecular complexity index is 767. The number of aromatic nitrogens is 3. The van der Waals surface area contributed by atoms with Gasteiger partial charge in [0.2, 0.25) is 0 Å². The quantitative estimate of drug-likeness (QED) is 0.787. The predicted molar refractivity (Wildman–Crippen MR) is 105 cm³/mol. The molecule has 1 N–H and O–H groups in total. The Kier molecular flexibility index (Phi) is 5.94. The van der Waals surface area contributed by atoms with E-state index in [9.17, 15) is 5.11 Å². The third kappa shape index (κ3) is 4.06. The maximum absolute atomic E-state index is 10.6. The molecule has 4 atom stereocenters. The molecule has 0 radical (unpaired) electrons. The Balaban J connectivity index is 1.41. The van der Waals surface area contributed by atoms with Crippen LogP contribution in [0.3, 0.4) is 0 Å². The first-order valence-electron chi connectivity index (χ1n) is 10.2. The van der Waals surface area contributed by atoms with E-state index in [2.05, 4.69) is 27.1 Å². The largest absolute Gasteiger partial charge is 0.496 e. The van der Waals surface area contributed by atoms with Crippen molar-refractivity contribution in [3.8, 4) is 5.75 Å². The van der Waals surface area contributed by atoms with E-state index in [0.29, 0.717) is 25.0 Å². The van der Waals surface area contributed by atoms with Gasteiger partial charge in [-0.1, -0.05) is 6.07 Å². The Morgan fingerprint density at radius 3 is 2.75 bits per heavy atom. The lowest BCUT2D eigenvalue weighted by Gasteiger charge is -2.35. The van der Waals surface area contributed by atoms with Gasteiger partial charge < -0.3 is 14.6 Å². The SMILES string of the molecule is CCOCc1cc(CN2C[C@H]3C[C@@H](n4cncn4)[C@H](O)C[C@H]3C2)ccc1OC. The monoisotopic (exact) mass is 386 g/mol. The number of ether oxygens (including phenoxy) is 2. The van der Waals surface area contributed by atoms with Crippen molar-refractivity contribution in [3.05, 3.63) is 42.0 Å². The number of hydrogen-bond acceptors (Lipinski definition) is 6. The van der Waals surface area contributed by atoms with Crippen LogP contribution in [0.4, 0.5) is 0 Å². The van der Waals surface area contributed by atoms with Crippen molar-refractivity contribution in [2.75, 3.05) is 26.8 Å². The highest BCUT2D eigenvalue weighted by Crippen LogP contribution is 2.41. The molecular weight excluding hydrogens is 356 g/mol. The molecule has 1 aliphatic carbocycles. The van der Waals surface area contributed by atoms with Gasteiger partial charge in [-0.2, -0.15) is 5.10 Å². The van der Waals surface area contributed by atoms with Crippen LogP contribution in [0.25, 0.3) is 0 Å². The molecule has 0 bridgehead atoms. The van der Waals surface area contributed by atoms with E-state index < -0.39 is 0 Å². The number of rotatable bonds is 7. The van der Waals surface area contributed by atoms with Crippen LogP contribution in [0.2, 0.25) is 0 Å². The molecule has 1 saturated heterocycles. The van der Waals surface area contributed by atoms with Crippen LogP contribution >= 0.6 is 0 Å². The lowest BCUT2D eigenvalue weighted by molar-refractivity contribution is 0.0304. The fraction of sp³-hybridized carbons (Fsp3) is 0.619. The smallest absolute Gasteiger partial charge is 0.137 e. The Morgan fingerprint density at radius 2 is 2.04 bits per heavy atom. The topological polar surface area (TPSA) is 72.6 Å². The Hall–Kier alpha value is -1.96. The summed E-state index contributed by atoms with van der Waals surface area (Å²) in [5, 5.41) is 14.9. The number of hydrogen-bond donors (Lipinski definition) is 1. The van der Waals surface area contributed by atoms with E-state index in [4.69, 9.17) is 9.47 Å². The molecule has 0 spiro atoms. The average Bonchev–Trinajstić information content (AvgIpc) is 3.35. The second kappa shape index (κ2) is 8.59. The van der Waals surface area contributed by atoms with Crippen LogP contribution in [0.1, 0.15) is 36.9 Å². The van der Waals surface area contributed by atoms with Crippen LogP contribution in [-0.4, -0.2) is 57.7 Å². The van der Waals surface area contributed by atoms with E-state index >= 15 is 0 Å². The fourth-order valence-electron chi connectivity index (χ4n) is 4.82. The molecule has 28 heavy (non-hydrogen) atoms. The number of aliphatic hydroxyl groups is 1. The van der Waals surface area contributed by atoms with Gasteiger partial charge in [0, 0.05) is 31.8 Å². The zero-order chi connectivity index (χ0) is 19.5. The lowest BCUT2D eigenvalue weighted by atomic mass is 9.77. The van der Waals surface area contributed by atoms with Crippen LogP contribution in [0.15, 0.2) is 30.9 Å². The second-order valence-electron chi connectivity index (χ2n) is 7.98. The summed E-state index contributed by atoms with van der Waals surface area (Å²) in [4.78, 5) is 6.55. The van der Waals surface area contributed by atoms with Crippen LogP contribution in [0.5, 0.6) is 5.75 Å². The minimum Gasteiger partial charge on any atom is -0.496 e. The summed E-state index contributed by atoms with van der Waals surface area (Å²) in [6, 6.07) is 6.42. The van der Waals surface area contributed by atoms with Crippen molar-refractivity contribution < 1.29 is 14.6 Å². The molecule has 2 heterocycles. The first-order chi connectivity index (χ1) is 13.7. The normalized spacial score (nSPS) is 27.7. The first-order valence-corrected chi connectivity index (χ1v) is 10.2. The fourth-order valence-corrected chi connectivity index (χ4v) is 4.82. The molecule has 1 saturated carbocycles. The highest BCUT2D eigenvalue weighted by Gasteiger charge is 2.42. The molecule has 2 fully saturated rings. The maximum Gasteiger partial charge on any atom is 0.137 e. The van der Waals surface area contributed by atoms with Crippen LogP contribution in [-0.2, 0) is 17.9 Å². The minimum absolute atomic E-state index is 0.0440. The van der Waals surface area contributed by atoms with Crippen molar-refractivity contribution >= 4 is 0 Å². The van der Waals surface area contributed by atoms with Gasteiger partial charge in [-0.3, -0.25) is 4.90 Å². The van der Waals surface area contributed by atoms with Gasteiger partial charge >= 0.3 is 0 Å². The molecule has 0 unspecified atom stereocenters. The number of benzene rings is 1. The van der Waals surface area contributed by atoms with Gasteiger partial charge in [0.05, 0.1) is 25.9 Å². The summed E-state index contributed by atoms with van der Waals surface area (Å²) in [5.41, 5.74) is 2.38. The molecule has 1 aromatic carbocycles. The summed E-state index contributed by atoms with van der Waals surface area (Å²) in [6.45, 7) is 6.29. The van der Waals surface area contributed by atoms with Crippen LogP contribution in [0, 0.1) is 11.8 Å². The third-order valence-corrected chi connectivity index (χ3v) is 6.17. The molecule has 4 rings (SSSR count). The van der Waals surface area contributed by atoms with Crippen molar-refractivity contribution in [1.29, 1.82) is 0 Å². The van der Waals surface area contributed by atoms with Crippen LogP contribution < -0.4 is 4.74 Å². The van der Waals surface area contributed by atoms with E-state index in [1.165, 1.54) is 5.56 Å². The maximum atomic E-state index is 10.6. The van der Waals surface area contributed by atoms with Gasteiger partial charge in [-0.05, 0) is 49.3 Å². The van der Waals surface area contributed by atoms with E-state index in [0.717, 1.165) is 43.8 Å². The number of methoxy groups -OCH3 is 1. The summed E-state index contributed by atoms with van der Waals surface area (Å²) < 4.78 is 12.9. The number of likely N-dealkylation sites (tertiary alicyclic amines) is 1. The van der Waals surface area contributed by atoms with Crippen molar-refractivity contribution in [1.82, 2.24) is 19.7 Å². The van der Waals surface area contributed by atoms with Crippen molar-refractivity contribution in [2.45, 2.75) is 45.1 Å². The third-order valence-electron chi connectivity index (χ3n) is 6.17. The van der Waals surface area contributed by atoms with E-state index in [-0.39, 0.29) is 12.1 Å². The number of aliphatic hydroxyl groups excluding tert-OH is 1. The molecule has 0 amide bonds. The van der Waals surface area contributed by atoms with Crippen molar-refractivity contribution in [2.24, 2.45) is 11.8 Å². The first kappa shape index (κ1) is 19.4. The summed E-state index contributed by atoms with van der Waals surface area (Å²) >= 11 is 0. The highest BCUT2D eigenvalue weighted by molar-refractivity contribution is 5.37. The summed E-state index contributed by atoms with van der Waals surface area (Å²) in [5.74, 6) is 2.03. The summed E-state index contributed by atoms with van der Waals surface area (Å²) in [7, 11) is 1.70. The average molecular weight is 386 g/mol. The highest BCUT2D eigenvalue weighted by atomic mass is 16.5. The standard InChI is InChI=1S/C21H30N4O3/c1-3-28-12-18-6-15(4-5-21(18)27-2)9-24-10-16-7-19(25-14-22-13-23-25)20(26)8-17(16)11-24/h4-6,13-14,16-17,19-20,26H,3,7-12H2,1-2H3/t16-,17+,19-,20-/m1/s1. The predicted octanol–water partition coefficient (Wildman–Crippen LogP) is 2.27. The van der Waals surface area contributed by atoms with Gasteiger partial charge in [-0.15, -0.1) is 0 Å². The van der Waals surface area contributed by atoms with E-state index in [1.807, 2.05) is 17.7 Å². The molecule has 1 aliphatic heterocycles. The lowest BCUT2D eigenvalue weighted by Crippen LogP contribution is -2.36. The van der Waals surface area contributed by atoms with Gasteiger partial charge in [0.1, 0.15) is 18.4 Å². The molecule has 7 heteroatoms. The Labute approximate surface area is 166 Å². The second-order valence-corrected chi connectivity index (χ2v) is 7.98. The molecular formula is C21H30N4O3. The zero-order valence-corrected chi connectivity index (χ0v) is 16.7. The van der Waals surface area contributed by atoms with Crippen molar-refractivity contribution in [3.63, 3.8) is 0 Å². The molecule has 152 valence electrons. The minimum atomic E-state index is -0.346. The van der Waals surface area contributed by atoms with E-state index in [1.54, 1.807) is 19.8 Å². The molecule has 2 aromatic rings. The number of fused-ring (bicyclic) bond motifs is 1. The van der Waals surface area contributed by atoms with Gasteiger partial charge in [0.15, 0.2) is 0 Å². The number of nitrogens with zero attached hydrogens (tertiary/aromatic N) is 4. The van der Waals surface area contributed by atoms with Gasteiger partial charge in [0.25, 0.3) is 0 Å². The summed E-state index contributed by atoms with van der Waals surface area (Å²) in [6.07, 6.45) is 4.72. The zero-order valence-electron chi connectivity index (χ0n) is 16.7.